The van der Waals surface area contributed by atoms with Crippen LogP contribution in [0, 0.1) is 5.92 Å². The van der Waals surface area contributed by atoms with Crippen LogP contribution in [0.1, 0.15) is 25.7 Å². The van der Waals surface area contributed by atoms with Gasteiger partial charge in [0.25, 0.3) is 0 Å². The second-order valence-corrected chi connectivity index (χ2v) is 4.89. The number of carbonyl (C=O) groups excluding carboxylic acids is 1. The molecule has 21 heavy (non-hydrogen) atoms. The number of alkyl halides is 6. The van der Waals surface area contributed by atoms with Gasteiger partial charge in [0, 0.05) is 13.0 Å². The Morgan fingerprint density at radius 3 is 2.10 bits per heavy atom. The molecule has 0 radical (unpaired) electrons. The molecule has 0 spiro atoms. The van der Waals surface area contributed by atoms with Crippen LogP contribution in [0.2, 0.25) is 0 Å². The summed E-state index contributed by atoms with van der Waals surface area (Å²) in [5, 5.41) is 8.49. The molecule has 2 atom stereocenters. The van der Waals surface area contributed by atoms with Gasteiger partial charge in [-0.2, -0.15) is 26.3 Å². The van der Waals surface area contributed by atoms with E-state index in [0.717, 1.165) is 0 Å². The van der Waals surface area contributed by atoms with E-state index in [9.17, 15) is 35.9 Å². The van der Waals surface area contributed by atoms with Crippen LogP contribution in [0.5, 0.6) is 0 Å². The summed E-state index contributed by atoms with van der Waals surface area (Å²) in [7, 11) is 0. The summed E-state index contributed by atoms with van der Waals surface area (Å²) in [6.07, 6.45) is -11.5. The molecule has 1 saturated heterocycles. The van der Waals surface area contributed by atoms with Crippen molar-refractivity contribution in [3.05, 3.63) is 0 Å². The molecular weight excluding hydrogens is 308 g/mol. The molecule has 1 fully saturated rings. The van der Waals surface area contributed by atoms with E-state index < -0.39 is 49.2 Å². The highest BCUT2D eigenvalue weighted by molar-refractivity contribution is 5.82. The predicted molar refractivity (Wildman–Crippen MR) is 57.2 cm³/mol. The minimum Gasteiger partial charge on any atom is -0.481 e. The Labute approximate surface area is 115 Å². The number of piperidine rings is 1. The van der Waals surface area contributed by atoms with E-state index in [0.29, 0.717) is 0 Å². The molecule has 0 aromatic rings. The molecule has 1 rings (SSSR count). The van der Waals surface area contributed by atoms with Crippen LogP contribution in [0.4, 0.5) is 26.3 Å². The maximum Gasteiger partial charge on any atom is 0.471 e. The molecule has 1 N–H and O–H groups in total. The standard InChI is InChI=1S/C11H13F6NO3/c12-10(13,14)7-3-1-6(2-4-8(19)20)5-18(7)9(21)11(15,16)17/h6-7H,1-5H2,(H,19,20). The van der Waals surface area contributed by atoms with Crippen LogP contribution < -0.4 is 0 Å². The highest BCUT2D eigenvalue weighted by Crippen LogP contribution is 2.37. The number of carboxylic acid groups (broad SMARTS) is 1. The van der Waals surface area contributed by atoms with Crippen LogP contribution in [-0.2, 0) is 9.59 Å². The fourth-order valence-corrected chi connectivity index (χ4v) is 2.34. The number of aliphatic carboxylic acids is 1. The van der Waals surface area contributed by atoms with Gasteiger partial charge in [-0.15, -0.1) is 0 Å². The molecule has 0 saturated carbocycles. The SMILES string of the molecule is O=C(O)CCC1CCC(C(F)(F)F)N(C(=O)C(F)(F)F)C1. The molecular formula is C11H13F6NO3. The molecule has 2 unspecified atom stereocenters. The zero-order chi connectivity index (χ0) is 16.4. The number of likely N-dealkylation sites (tertiary alicyclic amines) is 1. The zero-order valence-corrected chi connectivity index (χ0v) is 10.7. The zero-order valence-electron chi connectivity index (χ0n) is 10.7. The third-order valence-electron chi connectivity index (χ3n) is 3.33. The summed E-state index contributed by atoms with van der Waals surface area (Å²) >= 11 is 0. The van der Waals surface area contributed by atoms with E-state index in [1.165, 1.54) is 0 Å². The van der Waals surface area contributed by atoms with Gasteiger partial charge in [0.05, 0.1) is 0 Å². The van der Waals surface area contributed by atoms with Crippen molar-refractivity contribution < 1.29 is 41.0 Å². The largest absolute Gasteiger partial charge is 0.481 e. The maximum absolute atomic E-state index is 12.7. The lowest BCUT2D eigenvalue weighted by Crippen LogP contribution is -2.57. The van der Waals surface area contributed by atoms with Crippen molar-refractivity contribution in [1.29, 1.82) is 0 Å². The van der Waals surface area contributed by atoms with Crippen molar-refractivity contribution in [2.45, 2.75) is 44.1 Å². The van der Waals surface area contributed by atoms with E-state index in [1.807, 2.05) is 0 Å². The van der Waals surface area contributed by atoms with Gasteiger partial charge in [-0.05, 0) is 25.2 Å². The summed E-state index contributed by atoms with van der Waals surface area (Å²) in [5.41, 5.74) is 0. The molecule has 1 aliphatic rings. The smallest absolute Gasteiger partial charge is 0.471 e. The lowest BCUT2D eigenvalue weighted by Gasteiger charge is -2.40. The van der Waals surface area contributed by atoms with Crippen LogP contribution in [0.15, 0.2) is 0 Å². The normalized spacial score (nSPS) is 24.0. The summed E-state index contributed by atoms with van der Waals surface area (Å²) < 4.78 is 75.3. The maximum atomic E-state index is 12.7. The molecule has 0 aliphatic carbocycles. The molecule has 0 aromatic carbocycles. The van der Waals surface area contributed by atoms with Gasteiger partial charge in [-0.25, -0.2) is 0 Å². The summed E-state index contributed by atoms with van der Waals surface area (Å²) in [5.74, 6) is -4.42. The predicted octanol–water partition coefficient (Wildman–Crippen LogP) is 2.58. The van der Waals surface area contributed by atoms with Crippen LogP contribution >= 0.6 is 0 Å². The van der Waals surface area contributed by atoms with Gasteiger partial charge >= 0.3 is 24.2 Å². The Bertz CT molecular complexity index is 406. The number of halogens is 6. The van der Waals surface area contributed by atoms with Gasteiger partial charge in [-0.1, -0.05) is 0 Å². The van der Waals surface area contributed by atoms with Crippen molar-refractivity contribution in [2.75, 3.05) is 6.54 Å². The van der Waals surface area contributed by atoms with Gasteiger partial charge in [-0.3, -0.25) is 9.59 Å². The molecule has 1 heterocycles. The Morgan fingerprint density at radius 2 is 1.67 bits per heavy atom. The number of nitrogens with zero attached hydrogens (tertiary/aromatic N) is 1. The average Bonchev–Trinajstić information content (AvgIpc) is 2.32. The van der Waals surface area contributed by atoms with Gasteiger partial charge < -0.3 is 10.0 Å². The first kappa shape index (κ1) is 17.6. The van der Waals surface area contributed by atoms with Crippen molar-refractivity contribution >= 4 is 11.9 Å². The topological polar surface area (TPSA) is 57.6 Å². The van der Waals surface area contributed by atoms with Crippen LogP contribution in [0.25, 0.3) is 0 Å². The van der Waals surface area contributed by atoms with Gasteiger partial charge in [0.15, 0.2) is 0 Å². The quantitative estimate of drug-likeness (QED) is 0.813. The lowest BCUT2D eigenvalue weighted by molar-refractivity contribution is -0.221. The molecule has 1 amide bonds. The van der Waals surface area contributed by atoms with E-state index in [4.69, 9.17) is 5.11 Å². The van der Waals surface area contributed by atoms with Crippen molar-refractivity contribution in [3.63, 3.8) is 0 Å². The van der Waals surface area contributed by atoms with E-state index >= 15 is 0 Å². The highest BCUT2D eigenvalue weighted by Gasteiger charge is 2.53. The van der Waals surface area contributed by atoms with Crippen LogP contribution in [-0.4, -0.2) is 46.8 Å². The number of carboxylic acids is 1. The minimum absolute atomic E-state index is 0.0679. The minimum atomic E-state index is -5.39. The van der Waals surface area contributed by atoms with E-state index in [-0.39, 0.29) is 24.2 Å². The first-order valence-electron chi connectivity index (χ1n) is 6.09. The molecule has 10 heteroatoms. The summed E-state index contributed by atoms with van der Waals surface area (Å²) in [4.78, 5) is 21.3. The summed E-state index contributed by atoms with van der Waals surface area (Å²) in [6.45, 7) is -0.740. The van der Waals surface area contributed by atoms with Crippen molar-refractivity contribution in [1.82, 2.24) is 4.90 Å². The fraction of sp³-hybridized carbons (Fsp3) is 0.818. The van der Waals surface area contributed by atoms with Gasteiger partial charge in [0.1, 0.15) is 6.04 Å². The first-order chi connectivity index (χ1) is 9.43. The number of hydrogen-bond donors (Lipinski definition) is 1. The van der Waals surface area contributed by atoms with Crippen molar-refractivity contribution in [3.8, 4) is 0 Å². The first-order valence-corrected chi connectivity index (χ1v) is 6.09. The third-order valence-corrected chi connectivity index (χ3v) is 3.33. The number of amides is 1. The molecule has 0 aromatic heterocycles. The number of carbonyl (C=O) groups is 2. The molecule has 1 aliphatic heterocycles. The Kier molecular flexibility index (Phi) is 5.11. The number of hydrogen-bond acceptors (Lipinski definition) is 2. The Morgan fingerprint density at radius 1 is 1.10 bits per heavy atom. The Hall–Kier alpha value is -1.48. The van der Waals surface area contributed by atoms with E-state index in [2.05, 4.69) is 0 Å². The van der Waals surface area contributed by atoms with Crippen LogP contribution in [0.3, 0.4) is 0 Å². The molecule has 0 bridgehead atoms. The van der Waals surface area contributed by atoms with E-state index in [1.54, 1.807) is 0 Å². The number of rotatable bonds is 3. The van der Waals surface area contributed by atoms with Gasteiger partial charge in [0.2, 0.25) is 0 Å². The lowest BCUT2D eigenvalue weighted by atomic mass is 9.89. The summed E-state index contributed by atoms with van der Waals surface area (Å²) in [6, 6.07) is -2.48. The second kappa shape index (κ2) is 6.10. The molecule has 4 nitrogen and oxygen atoms in total. The van der Waals surface area contributed by atoms with Crippen molar-refractivity contribution in [2.24, 2.45) is 5.92 Å². The fourth-order valence-electron chi connectivity index (χ4n) is 2.34. The Balaban J connectivity index is 2.87. The highest BCUT2D eigenvalue weighted by atomic mass is 19.4. The average molecular weight is 321 g/mol. The molecule has 122 valence electrons. The monoisotopic (exact) mass is 321 g/mol. The third kappa shape index (κ3) is 4.78. The second-order valence-electron chi connectivity index (χ2n) is 4.89.